The van der Waals surface area contributed by atoms with E-state index in [0.717, 1.165) is 24.9 Å². The first-order valence-electron chi connectivity index (χ1n) is 7.61. The topological polar surface area (TPSA) is 79.5 Å². The molecule has 3 rings (SSSR count). The van der Waals surface area contributed by atoms with Crippen LogP contribution in [0.3, 0.4) is 0 Å². The normalized spacial score (nSPS) is 20.3. The van der Waals surface area contributed by atoms with E-state index in [-0.39, 0.29) is 5.92 Å². The number of halogens is 1. The van der Waals surface area contributed by atoms with Crippen LogP contribution in [-0.4, -0.2) is 45.2 Å². The van der Waals surface area contributed by atoms with Crippen LogP contribution in [0.5, 0.6) is 0 Å². The Morgan fingerprint density at radius 1 is 1.43 bits per heavy atom. The van der Waals surface area contributed by atoms with Crippen molar-refractivity contribution < 1.29 is 14.4 Å². The van der Waals surface area contributed by atoms with Crippen LogP contribution in [0.2, 0.25) is 5.02 Å². The minimum Gasteiger partial charge on any atom is -0.480 e. The highest BCUT2D eigenvalue weighted by molar-refractivity contribution is 6.30. The molecule has 2 heterocycles. The first-order valence-corrected chi connectivity index (χ1v) is 7.99. The maximum atomic E-state index is 11.2. The third-order valence-electron chi connectivity index (χ3n) is 4.25. The lowest BCUT2D eigenvalue weighted by Gasteiger charge is -2.33. The third-order valence-corrected chi connectivity index (χ3v) is 4.50. The average molecular weight is 336 g/mol. The van der Waals surface area contributed by atoms with Gasteiger partial charge in [0.25, 0.3) is 0 Å². The molecule has 1 saturated heterocycles. The van der Waals surface area contributed by atoms with E-state index in [4.69, 9.17) is 21.2 Å². The van der Waals surface area contributed by atoms with Crippen molar-refractivity contribution in [3.05, 3.63) is 35.2 Å². The Labute approximate surface area is 139 Å². The van der Waals surface area contributed by atoms with Crippen molar-refractivity contribution >= 4 is 17.6 Å². The number of carboxylic acid groups (broad SMARTS) is 1. The van der Waals surface area contributed by atoms with Gasteiger partial charge in [0.2, 0.25) is 11.7 Å². The zero-order valence-corrected chi connectivity index (χ0v) is 13.5. The summed E-state index contributed by atoms with van der Waals surface area (Å²) >= 11 is 5.88. The maximum Gasteiger partial charge on any atom is 0.320 e. The van der Waals surface area contributed by atoms with Crippen molar-refractivity contribution in [2.45, 2.75) is 31.7 Å². The van der Waals surface area contributed by atoms with Crippen LogP contribution in [0.4, 0.5) is 0 Å². The number of carbonyl (C=O) groups is 1. The molecule has 1 aromatic heterocycles. The van der Waals surface area contributed by atoms with E-state index in [2.05, 4.69) is 10.1 Å². The fraction of sp³-hybridized carbons (Fsp3) is 0.438. The number of nitrogens with zero attached hydrogens (tertiary/aromatic N) is 3. The van der Waals surface area contributed by atoms with Gasteiger partial charge in [-0.3, -0.25) is 9.69 Å². The number of aliphatic carboxylic acids is 1. The van der Waals surface area contributed by atoms with E-state index in [9.17, 15) is 4.79 Å². The van der Waals surface area contributed by atoms with Gasteiger partial charge in [0, 0.05) is 17.1 Å². The summed E-state index contributed by atoms with van der Waals surface area (Å²) in [5, 5.41) is 13.9. The van der Waals surface area contributed by atoms with E-state index in [0.29, 0.717) is 23.3 Å². The number of rotatable bonds is 4. The van der Waals surface area contributed by atoms with E-state index >= 15 is 0 Å². The molecule has 1 fully saturated rings. The molecule has 0 aliphatic carbocycles. The number of likely N-dealkylation sites (tertiary alicyclic amines) is 1. The first-order chi connectivity index (χ1) is 11.0. The Balaban J connectivity index is 1.74. The van der Waals surface area contributed by atoms with Gasteiger partial charge in [0.1, 0.15) is 6.04 Å². The smallest absolute Gasteiger partial charge is 0.320 e. The number of carboxylic acids is 1. The van der Waals surface area contributed by atoms with Gasteiger partial charge in [-0.2, -0.15) is 4.98 Å². The van der Waals surface area contributed by atoms with Gasteiger partial charge < -0.3 is 9.63 Å². The highest BCUT2D eigenvalue weighted by Gasteiger charge is 2.30. The van der Waals surface area contributed by atoms with Gasteiger partial charge in [-0.25, -0.2) is 0 Å². The molecule has 0 amide bonds. The van der Waals surface area contributed by atoms with Crippen LogP contribution in [-0.2, 0) is 4.79 Å². The molecule has 0 radical (unpaired) electrons. The molecular weight excluding hydrogens is 318 g/mol. The quantitative estimate of drug-likeness (QED) is 0.925. The number of hydrogen-bond acceptors (Lipinski definition) is 5. The lowest BCUT2D eigenvalue weighted by molar-refractivity contribution is -0.143. The standard InChI is InChI=1S/C16H18ClN3O3/c1-10(16(21)22)20-8-2-3-12(9-20)15-18-14(19-23-15)11-4-6-13(17)7-5-11/h4-7,10,12H,2-3,8-9H2,1H3,(H,21,22)/t10-,12-/m1/s1. The van der Waals surface area contributed by atoms with Gasteiger partial charge in [-0.05, 0) is 50.6 Å². The highest BCUT2D eigenvalue weighted by Crippen LogP contribution is 2.28. The van der Waals surface area contributed by atoms with Gasteiger partial charge in [-0.1, -0.05) is 16.8 Å². The first kappa shape index (κ1) is 16.0. The Bertz CT molecular complexity index is 686. The summed E-state index contributed by atoms with van der Waals surface area (Å²) in [5.41, 5.74) is 0.843. The van der Waals surface area contributed by atoms with Gasteiger partial charge in [0.05, 0.1) is 5.92 Å². The zero-order chi connectivity index (χ0) is 16.4. The summed E-state index contributed by atoms with van der Waals surface area (Å²) in [5.74, 6) is 0.356. The van der Waals surface area contributed by atoms with Crippen LogP contribution >= 0.6 is 11.6 Å². The average Bonchev–Trinajstić information content (AvgIpc) is 3.05. The predicted octanol–water partition coefficient (Wildman–Crippen LogP) is 3.04. The summed E-state index contributed by atoms with van der Waals surface area (Å²) in [6, 6.07) is 6.75. The highest BCUT2D eigenvalue weighted by atomic mass is 35.5. The van der Waals surface area contributed by atoms with E-state index in [1.807, 2.05) is 17.0 Å². The largest absolute Gasteiger partial charge is 0.480 e. The summed E-state index contributed by atoms with van der Waals surface area (Å²) in [6.07, 6.45) is 1.84. The van der Waals surface area contributed by atoms with E-state index in [1.54, 1.807) is 19.1 Å². The Kier molecular flexibility index (Phi) is 4.63. The SMILES string of the molecule is C[C@H](C(=O)O)N1CCC[C@@H](c2nc(-c3ccc(Cl)cc3)no2)C1. The van der Waals surface area contributed by atoms with Crippen LogP contribution in [0.1, 0.15) is 31.6 Å². The molecular formula is C16H18ClN3O3. The molecule has 0 saturated carbocycles. The number of aromatic nitrogens is 2. The second-order valence-electron chi connectivity index (χ2n) is 5.81. The van der Waals surface area contributed by atoms with E-state index < -0.39 is 12.0 Å². The molecule has 122 valence electrons. The molecule has 7 heteroatoms. The van der Waals surface area contributed by atoms with Crippen LogP contribution < -0.4 is 0 Å². The molecule has 2 atom stereocenters. The van der Waals surface area contributed by atoms with Crippen LogP contribution in [0, 0.1) is 0 Å². The summed E-state index contributed by atoms with van der Waals surface area (Å²) in [6.45, 7) is 3.11. The molecule has 6 nitrogen and oxygen atoms in total. The fourth-order valence-corrected chi connectivity index (χ4v) is 2.96. The second kappa shape index (κ2) is 6.68. The molecule has 1 aliphatic heterocycles. The molecule has 1 aromatic carbocycles. The molecule has 0 spiro atoms. The van der Waals surface area contributed by atoms with Crippen LogP contribution in [0.15, 0.2) is 28.8 Å². The van der Waals surface area contributed by atoms with Gasteiger partial charge in [0.15, 0.2) is 0 Å². The van der Waals surface area contributed by atoms with Gasteiger partial charge >= 0.3 is 5.97 Å². The minimum absolute atomic E-state index is 0.0686. The summed E-state index contributed by atoms with van der Waals surface area (Å²) < 4.78 is 5.41. The van der Waals surface area contributed by atoms with Crippen molar-refractivity contribution in [2.24, 2.45) is 0 Å². The Morgan fingerprint density at radius 3 is 2.87 bits per heavy atom. The van der Waals surface area contributed by atoms with E-state index in [1.165, 1.54) is 0 Å². The molecule has 1 N–H and O–H groups in total. The van der Waals surface area contributed by atoms with Crippen molar-refractivity contribution in [2.75, 3.05) is 13.1 Å². The lowest BCUT2D eigenvalue weighted by atomic mass is 9.97. The van der Waals surface area contributed by atoms with Crippen LogP contribution in [0.25, 0.3) is 11.4 Å². The molecule has 23 heavy (non-hydrogen) atoms. The van der Waals surface area contributed by atoms with Crippen molar-refractivity contribution in [1.82, 2.24) is 15.0 Å². The van der Waals surface area contributed by atoms with Gasteiger partial charge in [-0.15, -0.1) is 0 Å². The predicted molar refractivity (Wildman–Crippen MR) is 85.4 cm³/mol. The third kappa shape index (κ3) is 3.54. The summed E-state index contributed by atoms with van der Waals surface area (Å²) in [7, 11) is 0. The maximum absolute atomic E-state index is 11.2. The minimum atomic E-state index is -0.807. The number of benzene rings is 1. The zero-order valence-electron chi connectivity index (χ0n) is 12.8. The fourth-order valence-electron chi connectivity index (χ4n) is 2.83. The summed E-state index contributed by atoms with van der Waals surface area (Å²) in [4.78, 5) is 17.6. The second-order valence-corrected chi connectivity index (χ2v) is 6.25. The molecule has 0 bridgehead atoms. The molecule has 2 aromatic rings. The van der Waals surface area contributed by atoms with Crippen molar-refractivity contribution in [1.29, 1.82) is 0 Å². The monoisotopic (exact) mass is 335 g/mol. The number of piperidine rings is 1. The lowest BCUT2D eigenvalue weighted by Crippen LogP contribution is -2.44. The van der Waals surface area contributed by atoms with Crippen molar-refractivity contribution in [3.63, 3.8) is 0 Å². The molecule has 1 aliphatic rings. The molecule has 0 unspecified atom stereocenters. The van der Waals surface area contributed by atoms with Crippen molar-refractivity contribution in [3.8, 4) is 11.4 Å². The Hall–Kier alpha value is -1.92. The Morgan fingerprint density at radius 2 is 2.17 bits per heavy atom. The number of hydrogen-bond donors (Lipinski definition) is 1.